The van der Waals surface area contributed by atoms with Crippen molar-refractivity contribution in [2.24, 2.45) is 0 Å². The quantitative estimate of drug-likeness (QED) is 0.730. The van der Waals surface area contributed by atoms with Crippen LogP contribution in [0, 0.1) is 6.92 Å². The van der Waals surface area contributed by atoms with E-state index in [0.29, 0.717) is 17.8 Å². The van der Waals surface area contributed by atoms with Crippen molar-refractivity contribution in [2.45, 2.75) is 18.2 Å². The second kappa shape index (κ2) is 7.13. The van der Waals surface area contributed by atoms with Crippen LogP contribution < -0.4 is 9.62 Å². The molecule has 0 radical (unpaired) electrons. The maximum atomic E-state index is 13.0. The molecule has 3 aromatic carbocycles. The number of aryl methyl sites for hydroxylation is 1. The van der Waals surface area contributed by atoms with Crippen molar-refractivity contribution in [3.8, 4) is 0 Å². The molecule has 0 saturated heterocycles. The summed E-state index contributed by atoms with van der Waals surface area (Å²) in [5.41, 5.74) is 3.85. The predicted molar refractivity (Wildman–Crippen MR) is 110 cm³/mol. The lowest BCUT2D eigenvalue weighted by atomic mass is 10.1. The molecule has 1 heterocycles. The van der Waals surface area contributed by atoms with Crippen LogP contribution in [0.3, 0.4) is 0 Å². The van der Waals surface area contributed by atoms with Crippen molar-refractivity contribution in [3.05, 3.63) is 89.5 Å². The summed E-state index contributed by atoms with van der Waals surface area (Å²) in [6.45, 7) is 2.52. The number of anilines is 2. The van der Waals surface area contributed by atoms with Crippen molar-refractivity contribution in [3.63, 3.8) is 0 Å². The molecule has 5 nitrogen and oxygen atoms in total. The number of sulfonamides is 1. The van der Waals surface area contributed by atoms with E-state index in [-0.39, 0.29) is 10.8 Å². The highest BCUT2D eigenvalue weighted by molar-refractivity contribution is 7.92. The van der Waals surface area contributed by atoms with Gasteiger partial charge >= 0.3 is 0 Å². The first-order valence-electron chi connectivity index (χ1n) is 9.03. The summed E-state index contributed by atoms with van der Waals surface area (Å²) in [5.74, 6) is -0.138. The van der Waals surface area contributed by atoms with E-state index in [1.807, 2.05) is 31.2 Å². The number of fused-ring (bicyclic) bond motifs is 1. The summed E-state index contributed by atoms with van der Waals surface area (Å²) >= 11 is 0. The van der Waals surface area contributed by atoms with Gasteiger partial charge < -0.3 is 4.90 Å². The zero-order chi connectivity index (χ0) is 19.7. The molecular weight excluding hydrogens is 372 g/mol. The van der Waals surface area contributed by atoms with Gasteiger partial charge in [-0.25, -0.2) is 8.42 Å². The fourth-order valence-corrected chi connectivity index (χ4v) is 4.40. The molecule has 0 atom stereocenters. The van der Waals surface area contributed by atoms with Gasteiger partial charge in [0.25, 0.3) is 15.9 Å². The second-order valence-corrected chi connectivity index (χ2v) is 8.52. The highest BCUT2D eigenvalue weighted by Crippen LogP contribution is 2.29. The molecule has 0 aromatic heterocycles. The smallest absolute Gasteiger partial charge is 0.261 e. The van der Waals surface area contributed by atoms with Gasteiger partial charge in [0.2, 0.25) is 0 Å². The molecule has 1 amide bonds. The molecule has 0 fully saturated rings. The Labute approximate surface area is 164 Å². The summed E-state index contributed by atoms with van der Waals surface area (Å²) in [7, 11) is -3.72. The third-order valence-electron chi connectivity index (χ3n) is 4.83. The number of carbonyl (C=O) groups excluding carboxylic acids is 1. The summed E-state index contributed by atoms with van der Waals surface area (Å²) in [6, 6.07) is 21.1. The number of amides is 1. The number of nitrogens with zero attached hydrogens (tertiary/aromatic N) is 1. The molecule has 1 aliphatic rings. The Morgan fingerprint density at radius 2 is 1.71 bits per heavy atom. The van der Waals surface area contributed by atoms with Gasteiger partial charge in [-0.1, -0.05) is 42.0 Å². The number of carbonyl (C=O) groups is 1. The maximum Gasteiger partial charge on any atom is 0.261 e. The minimum Gasteiger partial charge on any atom is -0.308 e. The molecule has 142 valence electrons. The zero-order valence-corrected chi connectivity index (χ0v) is 16.2. The van der Waals surface area contributed by atoms with Gasteiger partial charge in [0.05, 0.1) is 4.90 Å². The number of nitrogens with one attached hydrogen (secondary N) is 1. The molecule has 28 heavy (non-hydrogen) atoms. The molecule has 0 spiro atoms. The average Bonchev–Trinajstić information content (AvgIpc) is 3.12. The highest BCUT2D eigenvalue weighted by atomic mass is 32.2. The monoisotopic (exact) mass is 392 g/mol. The molecule has 1 aliphatic heterocycles. The first kappa shape index (κ1) is 18.3. The van der Waals surface area contributed by atoms with Crippen LogP contribution in [-0.4, -0.2) is 20.9 Å². The zero-order valence-electron chi connectivity index (χ0n) is 15.4. The fraction of sp³-hybridized carbons (Fsp3) is 0.136. The number of para-hydroxylation sites is 1. The van der Waals surface area contributed by atoms with E-state index in [2.05, 4.69) is 4.72 Å². The van der Waals surface area contributed by atoms with Gasteiger partial charge in [0, 0.05) is 23.5 Å². The Morgan fingerprint density at radius 3 is 2.50 bits per heavy atom. The van der Waals surface area contributed by atoms with Gasteiger partial charge in [-0.15, -0.1) is 0 Å². The Hall–Kier alpha value is -3.12. The Bertz CT molecular complexity index is 1140. The molecule has 0 saturated carbocycles. The van der Waals surface area contributed by atoms with Crippen LogP contribution in [0.25, 0.3) is 0 Å². The lowest BCUT2D eigenvalue weighted by Crippen LogP contribution is -2.28. The van der Waals surface area contributed by atoms with E-state index in [0.717, 1.165) is 23.2 Å². The molecule has 0 unspecified atom stereocenters. The molecule has 3 aromatic rings. The van der Waals surface area contributed by atoms with Gasteiger partial charge in [-0.05, 0) is 55.3 Å². The number of benzene rings is 3. The van der Waals surface area contributed by atoms with E-state index in [9.17, 15) is 13.2 Å². The minimum atomic E-state index is -3.72. The Kier molecular flexibility index (Phi) is 4.65. The van der Waals surface area contributed by atoms with Crippen molar-refractivity contribution in [1.29, 1.82) is 0 Å². The largest absolute Gasteiger partial charge is 0.308 e. The van der Waals surface area contributed by atoms with Crippen LogP contribution in [0.4, 0.5) is 11.4 Å². The van der Waals surface area contributed by atoms with E-state index in [4.69, 9.17) is 0 Å². The normalized spacial score (nSPS) is 13.2. The van der Waals surface area contributed by atoms with Crippen molar-refractivity contribution >= 4 is 27.3 Å². The summed E-state index contributed by atoms with van der Waals surface area (Å²) < 4.78 is 27.8. The summed E-state index contributed by atoms with van der Waals surface area (Å²) in [6.07, 6.45) is 0.821. The molecule has 6 heteroatoms. The van der Waals surface area contributed by atoms with Crippen LogP contribution >= 0.6 is 0 Å². The third kappa shape index (κ3) is 3.51. The van der Waals surface area contributed by atoms with Crippen molar-refractivity contribution in [2.75, 3.05) is 16.2 Å². The van der Waals surface area contributed by atoms with Crippen LogP contribution in [0.2, 0.25) is 0 Å². The minimum absolute atomic E-state index is 0.138. The number of hydrogen-bond acceptors (Lipinski definition) is 3. The van der Waals surface area contributed by atoms with E-state index < -0.39 is 10.0 Å². The van der Waals surface area contributed by atoms with Crippen LogP contribution in [0.1, 0.15) is 21.5 Å². The SMILES string of the molecule is Cc1ccc(S(=O)(=O)Nc2cccc(C(=O)N3CCc4ccccc43)c2)cc1. The van der Waals surface area contributed by atoms with E-state index in [1.165, 1.54) is 0 Å². The first-order valence-corrected chi connectivity index (χ1v) is 10.5. The first-order chi connectivity index (χ1) is 13.4. The molecule has 4 rings (SSSR count). The molecule has 0 bridgehead atoms. The molecule has 0 aliphatic carbocycles. The van der Waals surface area contributed by atoms with Gasteiger partial charge in [0.15, 0.2) is 0 Å². The van der Waals surface area contributed by atoms with Gasteiger partial charge in [-0.3, -0.25) is 9.52 Å². The Balaban J connectivity index is 1.58. The van der Waals surface area contributed by atoms with E-state index >= 15 is 0 Å². The molecular formula is C22H20N2O3S. The summed E-state index contributed by atoms with van der Waals surface area (Å²) in [5, 5.41) is 0. The fourth-order valence-electron chi connectivity index (χ4n) is 3.35. The standard InChI is InChI=1S/C22H20N2O3S/c1-16-9-11-20(12-10-16)28(26,27)23-19-7-4-6-18(15-19)22(25)24-14-13-17-5-2-3-8-21(17)24/h2-12,15,23H,13-14H2,1H3. The van der Waals surface area contributed by atoms with E-state index in [1.54, 1.807) is 53.4 Å². The topological polar surface area (TPSA) is 66.5 Å². The van der Waals surface area contributed by atoms with Crippen LogP contribution in [-0.2, 0) is 16.4 Å². The highest BCUT2D eigenvalue weighted by Gasteiger charge is 2.25. The van der Waals surface area contributed by atoms with Crippen LogP contribution in [0.15, 0.2) is 77.7 Å². The lowest BCUT2D eigenvalue weighted by Gasteiger charge is -2.18. The van der Waals surface area contributed by atoms with Crippen molar-refractivity contribution in [1.82, 2.24) is 0 Å². The van der Waals surface area contributed by atoms with Crippen LogP contribution in [0.5, 0.6) is 0 Å². The Morgan fingerprint density at radius 1 is 0.964 bits per heavy atom. The van der Waals surface area contributed by atoms with Crippen molar-refractivity contribution < 1.29 is 13.2 Å². The maximum absolute atomic E-state index is 13.0. The third-order valence-corrected chi connectivity index (χ3v) is 6.22. The lowest BCUT2D eigenvalue weighted by molar-refractivity contribution is 0.0989. The average molecular weight is 392 g/mol. The molecule has 1 N–H and O–H groups in total. The van der Waals surface area contributed by atoms with Gasteiger partial charge in [0.1, 0.15) is 0 Å². The second-order valence-electron chi connectivity index (χ2n) is 6.83. The predicted octanol–water partition coefficient (Wildman–Crippen LogP) is 4.00. The summed E-state index contributed by atoms with van der Waals surface area (Å²) in [4.78, 5) is 14.9. The number of hydrogen-bond donors (Lipinski definition) is 1. The van der Waals surface area contributed by atoms with Gasteiger partial charge in [-0.2, -0.15) is 0 Å². The number of rotatable bonds is 4.